The summed E-state index contributed by atoms with van der Waals surface area (Å²) < 4.78 is 1.18. The first-order valence-electron chi connectivity index (χ1n) is 12.1. The van der Waals surface area contributed by atoms with Gasteiger partial charge < -0.3 is 16.9 Å². The molecule has 0 aliphatic carbocycles. The fourth-order valence-corrected chi connectivity index (χ4v) is 4.06. The first-order chi connectivity index (χ1) is 13.2. The highest BCUT2D eigenvalue weighted by atomic mass is 35.5. The standard InChI is InChI=1S/C26H48N.ClH/c1-4-6-7-8-9-10-11-12-13-14-15-16-17-21-24-27(3,5-2)25-26-22-19-18-20-23-26;/h18-20,22-23H,4-17,21,24-25H2,1-3H3;1H/q+1;/p-1. The molecule has 0 spiro atoms. The maximum atomic E-state index is 2.43. The van der Waals surface area contributed by atoms with E-state index in [0.717, 1.165) is 0 Å². The lowest BCUT2D eigenvalue weighted by atomic mass is 10.0. The van der Waals surface area contributed by atoms with Crippen LogP contribution in [0, 0.1) is 0 Å². The monoisotopic (exact) mass is 409 g/mol. The van der Waals surface area contributed by atoms with Crippen LogP contribution in [-0.4, -0.2) is 24.6 Å². The Morgan fingerprint density at radius 1 is 0.607 bits per heavy atom. The Labute approximate surface area is 183 Å². The molecule has 28 heavy (non-hydrogen) atoms. The van der Waals surface area contributed by atoms with Gasteiger partial charge >= 0.3 is 0 Å². The van der Waals surface area contributed by atoms with Gasteiger partial charge in [0, 0.05) is 5.56 Å². The van der Waals surface area contributed by atoms with Crippen molar-refractivity contribution in [1.82, 2.24) is 0 Å². The van der Waals surface area contributed by atoms with E-state index in [1.807, 2.05) is 0 Å². The molecular weight excluding hydrogens is 362 g/mol. The average Bonchev–Trinajstić information content (AvgIpc) is 2.69. The van der Waals surface area contributed by atoms with Crippen LogP contribution in [0.15, 0.2) is 30.3 Å². The van der Waals surface area contributed by atoms with E-state index < -0.39 is 0 Å². The summed E-state index contributed by atoms with van der Waals surface area (Å²) in [6, 6.07) is 11.0. The molecule has 0 aliphatic rings. The number of benzene rings is 1. The van der Waals surface area contributed by atoms with E-state index in [2.05, 4.69) is 51.2 Å². The van der Waals surface area contributed by atoms with Crippen LogP contribution in [0.3, 0.4) is 0 Å². The third-order valence-electron chi connectivity index (χ3n) is 6.22. The van der Waals surface area contributed by atoms with Crippen molar-refractivity contribution in [2.24, 2.45) is 0 Å². The van der Waals surface area contributed by atoms with Crippen LogP contribution >= 0.6 is 0 Å². The second kappa shape index (κ2) is 18.5. The highest BCUT2D eigenvalue weighted by molar-refractivity contribution is 5.13. The summed E-state index contributed by atoms with van der Waals surface area (Å²) in [6.45, 7) is 8.37. The molecule has 164 valence electrons. The fourth-order valence-electron chi connectivity index (χ4n) is 4.06. The molecule has 0 aliphatic heterocycles. The fraction of sp³-hybridized carbons (Fsp3) is 0.769. The van der Waals surface area contributed by atoms with Crippen molar-refractivity contribution in [2.45, 2.75) is 110 Å². The second-order valence-electron chi connectivity index (χ2n) is 8.90. The van der Waals surface area contributed by atoms with E-state index in [1.165, 1.54) is 120 Å². The van der Waals surface area contributed by atoms with Gasteiger partial charge in [-0.2, -0.15) is 0 Å². The number of hydrogen-bond donors (Lipinski definition) is 0. The SMILES string of the molecule is CCCCCCCCCCCCCCCC[N+](C)(CC)Cc1ccccc1.[Cl-]. The smallest absolute Gasteiger partial charge is 0.104 e. The molecule has 0 amide bonds. The summed E-state index contributed by atoms with van der Waals surface area (Å²) in [7, 11) is 2.43. The Hall–Kier alpha value is -0.530. The van der Waals surface area contributed by atoms with E-state index >= 15 is 0 Å². The van der Waals surface area contributed by atoms with Crippen LogP contribution in [0.25, 0.3) is 0 Å². The summed E-state index contributed by atoms with van der Waals surface area (Å²) >= 11 is 0. The Morgan fingerprint density at radius 2 is 1.04 bits per heavy atom. The number of hydrogen-bond acceptors (Lipinski definition) is 0. The maximum absolute atomic E-state index is 2.43. The minimum absolute atomic E-state index is 0. The summed E-state index contributed by atoms with van der Waals surface area (Å²) in [5.41, 5.74) is 1.48. The molecule has 1 rings (SSSR count). The highest BCUT2D eigenvalue weighted by Crippen LogP contribution is 2.16. The van der Waals surface area contributed by atoms with Crippen LogP contribution in [-0.2, 0) is 6.54 Å². The van der Waals surface area contributed by atoms with E-state index in [9.17, 15) is 0 Å². The lowest BCUT2D eigenvalue weighted by molar-refractivity contribution is -0.921. The van der Waals surface area contributed by atoms with Crippen molar-refractivity contribution in [1.29, 1.82) is 0 Å². The molecule has 0 fully saturated rings. The molecule has 0 aromatic heterocycles. The van der Waals surface area contributed by atoms with Crippen LogP contribution in [0.1, 0.15) is 109 Å². The Kier molecular flexibility index (Phi) is 18.1. The molecule has 2 heteroatoms. The van der Waals surface area contributed by atoms with Gasteiger partial charge in [0.1, 0.15) is 6.54 Å². The Balaban J connectivity index is 0.00000729. The molecule has 0 N–H and O–H groups in total. The normalized spacial score (nSPS) is 13.1. The minimum atomic E-state index is 0. The first kappa shape index (κ1) is 27.5. The Morgan fingerprint density at radius 3 is 1.46 bits per heavy atom. The zero-order chi connectivity index (χ0) is 19.6. The summed E-state index contributed by atoms with van der Waals surface area (Å²) in [4.78, 5) is 0. The van der Waals surface area contributed by atoms with Crippen molar-refractivity contribution in [2.75, 3.05) is 20.1 Å². The minimum Gasteiger partial charge on any atom is -1.00 e. The molecule has 1 nitrogen and oxygen atoms in total. The van der Waals surface area contributed by atoms with E-state index in [1.54, 1.807) is 0 Å². The van der Waals surface area contributed by atoms with Gasteiger partial charge in [-0.05, 0) is 19.8 Å². The van der Waals surface area contributed by atoms with E-state index in [4.69, 9.17) is 0 Å². The molecular formula is C26H48ClN. The predicted molar refractivity (Wildman–Crippen MR) is 122 cm³/mol. The van der Waals surface area contributed by atoms with Crippen LogP contribution in [0.4, 0.5) is 0 Å². The average molecular weight is 410 g/mol. The highest BCUT2D eigenvalue weighted by Gasteiger charge is 2.18. The van der Waals surface area contributed by atoms with Gasteiger partial charge in [0.05, 0.1) is 20.1 Å². The molecule has 0 bridgehead atoms. The summed E-state index contributed by atoms with van der Waals surface area (Å²) in [5.74, 6) is 0. The zero-order valence-corrected chi connectivity index (χ0v) is 20.0. The van der Waals surface area contributed by atoms with Gasteiger partial charge in [-0.3, -0.25) is 0 Å². The largest absolute Gasteiger partial charge is 1.00 e. The van der Waals surface area contributed by atoms with Gasteiger partial charge in [-0.25, -0.2) is 0 Å². The van der Waals surface area contributed by atoms with Crippen LogP contribution in [0.2, 0.25) is 0 Å². The topological polar surface area (TPSA) is 0 Å². The molecule has 1 atom stereocenters. The molecule has 0 heterocycles. The van der Waals surface area contributed by atoms with Gasteiger partial charge in [0.2, 0.25) is 0 Å². The number of rotatable bonds is 18. The maximum Gasteiger partial charge on any atom is 0.104 e. The number of quaternary nitrogens is 1. The van der Waals surface area contributed by atoms with E-state index in [0.29, 0.717) is 0 Å². The molecule has 0 saturated heterocycles. The number of halogens is 1. The molecule has 1 unspecified atom stereocenters. The van der Waals surface area contributed by atoms with Crippen molar-refractivity contribution in [3.8, 4) is 0 Å². The summed E-state index contributed by atoms with van der Waals surface area (Å²) in [5, 5.41) is 0. The molecule has 0 saturated carbocycles. The number of unbranched alkanes of at least 4 members (excludes halogenated alkanes) is 13. The third kappa shape index (κ3) is 14.5. The van der Waals surface area contributed by atoms with E-state index in [-0.39, 0.29) is 12.4 Å². The van der Waals surface area contributed by atoms with Gasteiger partial charge in [-0.1, -0.05) is 114 Å². The van der Waals surface area contributed by atoms with Crippen molar-refractivity contribution < 1.29 is 16.9 Å². The summed E-state index contributed by atoms with van der Waals surface area (Å²) in [6.07, 6.45) is 20.2. The van der Waals surface area contributed by atoms with Crippen molar-refractivity contribution >= 4 is 0 Å². The van der Waals surface area contributed by atoms with Crippen molar-refractivity contribution in [3.05, 3.63) is 35.9 Å². The lowest BCUT2D eigenvalue weighted by Crippen LogP contribution is -3.00. The first-order valence-corrected chi connectivity index (χ1v) is 12.1. The lowest BCUT2D eigenvalue weighted by Gasteiger charge is -2.33. The van der Waals surface area contributed by atoms with Crippen LogP contribution < -0.4 is 12.4 Å². The van der Waals surface area contributed by atoms with Gasteiger partial charge in [-0.15, -0.1) is 0 Å². The predicted octanol–water partition coefficient (Wildman–Crippen LogP) is 5.14. The van der Waals surface area contributed by atoms with Gasteiger partial charge in [0.25, 0.3) is 0 Å². The molecule has 0 radical (unpaired) electrons. The van der Waals surface area contributed by atoms with Crippen molar-refractivity contribution in [3.63, 3.8) is 0 Å². The molecule has 1 aromatic carbocycles. The zero-order valence-electron chi connectivity index (χ0n) is 19.2. The van der Waals surface area contributed by atoms with Crippen LogP contribution in [0.5, 0.6) is 0 Å². The number of nitrogens with zero attached hydrogens (tertiary/aromatic N) is 1. The second-order valence-corrected chi connectivity index (χ2v) is 8.90. The molecule has 1 aromatic rings. The van der Waals surface area contributed by atoms with Gasteiger partial charge in [0.15, 0.2) is 0 Å². The quantitative estimate of drug-likeness (QED) is 0.232. The Bertz CT molecular complexity index is 433. The third-order valence-corrected chi connectivity index (χ3v) is 6.22.